The summed E-state index contributed by atoms with van der Waals surface area (Å²) >= 11 is 3.39. The molecule has 0 saturated heterocycles. The van der Waals surface area contributed by atoms with Crippen molar-refractivity contribution in [2.75, 3.05) is 20.3 Å². The van der Waals surface area contributed by atoms with Gasteiger partial charge in [0.25, 0.3) is 0 Å². The molecule has 0 radical (unpaired) electrons. The molecule has 110 valence electrons. The van der Waals surface area contributed by atoms with Gasteiger partial charge in [0.05, 0.1) is 7.11 Å². The Hall–Kier alpha value is -1.33. The molecule has 1 unspecified atom stereocenters. The zero-order chi connectivity index (χ0) is 15.0. The molecule has 0 aliphatic carbocycles. The quantitative estimate of drug-likeness (QED) is 0.749. The Labute approximate surface area is 128 Å². The van der Waals surface area contributed by atoms with E-state index in [1.54, 1.807) is 13.2 Å². The Morgan fingerprint density at radius 1 is 1.55 bits per heavy atom. The first-order valence-electron chi connectivity index (χ1n) is 6.47. The highest BCUT2D eigenvalue weighted by Crippen LogP contribution is 2.23. The molecular formula is C15H20BrNO3. The van der Waals surface area contributed by atoms with E-state index in [1.165, 1.54) is 6.08 Å². The Bertz CT molecular complexity index is 474. The number of halogens is 1. The van der Waals surface area contributed by atoms with Crippen LogP contribution in [0.5, 0.6) is 5.75 Å². The molecule has 2 N–H and O–H groups in total. The normalized spacial score (nSPS) is 12.4. The van der Waals surface area contributed by atoms with E-state index in [0.717, 1.165) is 10.0 Å². The van der Waals surface area contributed by atoms with Crippen LogP contribution >= 0.6 is 15.9 Å². The van der Waals surface area contributed by atoms with E-state index < -0.39 is 0 Å². The van der Waals surface area contributed by atoms with Gasteiger partial charge in [0.15, 0.2) is 0 Å². The van der Waals surface area contributed by atoms with E-state index >= 15 is 0 Å². The van der Waals surface area contributed by atoms with E-state index in [9.17, 15) is 4.79 Å². The van der Waals surface area contributed by atoms with Crippen LogP contribution in [0.15, 0.2) is 28.7 Å². The van der Waals surface area contributed by atoms with Gasteiger partial charge in [-0.3, -0.25) is 4.79 Å². The maximum Gasteiger partial charge on any atom is 0.244 e. The smallest absolute Gasteiger partial charge is 0.244 e. The molecule has 0 aliphatic rings. The predicted molar refractivity (Wildman–Crippen MR) is 83.6 cm³/mol. The monoisotopic (exact) mass is 341 g/mol. The summed E-state index contributed by atoms with van der Waals surface area (Å²) in [6.07, 6.45) is 3.88. The molecule has 1 atom stereocenters. The molecule has 1 amide bonds. The average molecular weight is 342 g/mol. The highest BCUT2D eigenvalue weighted by atomic mass is 79.9. The third-order valence-electron chi connectivity index (χ3n) is 2.85. The van der Waals surface area contributed by atoms with E-state index in [4.69, 9.17) is 9.84 Å². The number of hydrogen-bond acceptors (Lipinski definition) is 3. The molecule has 0 spiro atoms. The number of carbonyl (C=O) groups is 1. The van der Waals surface area contributed by atoms with Gasteiger partial charge in [-0.1, -0.05) is 22.9 Å². The van der Waals surface area contributed by atoms with Crippen LogP contribution in [0, 0.1) is 5.92 Å². The molecule has 0 bridgehead atoms. The van der Waals surface area contributed by atoms with E-state index in [1.807, 2.05) is 25.1 Å². The van der Waals surface area contributed by atoms with Gasteiger partial charge >= 0.3 is 0 Å². The predicted octanol–water partition coefficient (Wildman–Crippen LogP) is 2.61. The lowest BCUT2D eigenvalue weighted by Crippen LogP contribution is -2.26. The minimum absolute atomic E-state index is 0.141. The number of aliphatic hydroxyl groups excluding tert-OH is 1. The second-order valence-electron chi connectivity index (χ2n) is 4.58. The number of hydrogen-bond donors (Lipinski definition) is 2. The first kappa shape index (κ1) is 16.7. The number of aliphatic hydroxyl groups is 1. The molecule has 5 heteroatoms. The molecule has 0 saturated carbocycles. The summed E-state index contributed by atoms with van der Waals surface area (Å²) in [5.41, 5.74) is 0.834. The number of benzene rings is 1. The van der Waals surface area contributed by atoms with Gasteiger partial charge in [-0.2, -0.15) is 0 Å². The van der Waals surface area contributed by atoms with Crippen LogP contribution in [0.4, 0.5) is 0 Å². The van der Waals surface area contributed by atoms with E-state index in [2.05, 4.69) is 21.2 Å². The minimum Gasteiger partial charge on any atom is -0.496 e. The molecule has 1 rings (SSSR count). The van der Waals surface area contributed by atoms with Gasteiger partial charge in [0, 0.05) is 29.3 Å². The number of carbonyl (C=O) groups excluding carboxylic acids is 1. The minimum atomic E-state index is -0.156. The van der Waals surface area contributed by atoms with Crippen molar-refractivity contribution in [2.24, 2.45) is 5.92 Å². The molecule has 0 heterocycles. The van der Waals surface area contributed by atoms with Crippen LogP contribution in [0.1, 0.15) is 18.9 Å². The molecule has 0 fully saturated rings. The number of nitrogens with one attached hydrogen (secondary N) is 1. The van der Waals surface area contributed by atoms with Crippen LogP contribution in [-0.4, -0.2) is 31.3 Å². The summed E-state index contributed by atoms with van der Waals surface area (Å²) in [4.78, 5) is 11.7. The zero-order valence-corrected chi connectivity index (χ0v) is 13.3. The van der Waals surface area contributed by atoms with Gasteiger partial charge in [-0.05, 0) is 36.6 Å². The molecule has 1 aromatic carbocycles. The molecule has 4 nitrogen and oxygen atoms in total. The van der Waals surface area contributed by atoms with Crippen molar-refractivity contribution in [1.82, 2.24) is 5.32 Å². The maximum atomic E-state index is 11.7. The van der Waals surface area contributed by atoms with Crippen molar-refractivity contribution in [3.63, 3.8) is 0 Å². The SMILES string of the molecule is COc1ccc(Br)cc1C=CC(=O)NCC(C)CCO. The van der Waals surface area contributed by atoms with Crippen molar-refractivity contribution in [2.45, 2.75) is 13.3 Å². The van der Waals surface area contributed by atoms with Crippen molar-refractivity contribution in [1.29, 1.82) is 0 Å². The maximum absolute atomic E-state index is 11.7. The first-order valence-corrected chi connectivity index (χ1v) is 7.26. The molecule has 20 heavy (non-hydrogen) atoms. The van der Waals surface area contributed by atoms with Gasteiger partial charge in [-0.15, -0.1) is 0 Å². The zero-order valence-electron chi connectivity index (χ0n) is 11.7. The number of methoxy groups -OCH3 is 1. The first-order chi connectivity index (χ1) is 9.56. The summed E-state index contributed by atoms with van der Waals surface area (Å²) in [7, 11) is 1.59. The number of rotatable bonds is 7. The summed E-state index contributed by atoms with van der Waals surface area (Å²) in [6, 6.07) is 5.61. The van der Waals surface area contributed by atoms with Gasteiger partial charge in [-0.25, -0.2) is 0 Å². The van der Waals surface area contributed by atoms with Crippen LogP contribution in [0.2, 0.25) is 0 Å². The fourth-order valence-corrected chi connectivity index (χ4v) is 2.04. The highest BCUT2D eigenvalue weighted by Gasteiger charge is 2.04. The van der Waals surface area contributed by atoms with Gasteiger partial charge in [0.1, 0.15) is 5.75 Å². The highest BCUT2D eigenvalue weighted by molar-refractivity contribution is 9.10. The van der Waals surface area contributed by atoms with Gasteiger partial charge in [0.2, 0.25) is 5.91 Å². The van der Waals surface area contributed by atoms with Crippen molar-refractivity contribution >= 4 is 27.9 Å². The van der Waals surface area contributed by atoms with E-state index in [-0.39, 0.29) is 18.4 Å². The topological polar surface area (TPSA) is 58.6 Å². The average Bonchev–Trinajstić information content (AvgIpc) is 2.43. The van der Waals surface area contributed by atoms with Crippen molar-refractivity contribution < 1.29 is 14.6 Å². The molecule has 0 aliphatic heterocycles. The van der Waals surface area contributed by atoms with Crippen molar-refractivity contribution in [3.8, 4) is 5.75 Å². The second-order valence-corrected chi connectivity index (χ2v) is 5.50. The fraction of sp³-hybridized carbons (Fsp3) is 0.400. The third-order valence-corrected chi connectivity index (χ3v) is 3.35. The lowest BCUT2D eigenvalue weighted by atomic mass is 10.1. The van der Waals surface area contributed by atoms with E-state index in [0.29, 0.717) is 18.7 Å². The Morgan fingerprint density at radius 2 is 2.30 bits per heavy atom. The lowest BCUT2D eigenvalue weighted by Gasteiger charge is -2.09. The Balaban J connectivity index is 2.59. The van der Waals surface area contributed by atoms with Crippen LogP contribution < -0.4 is 10.1 Å². The number of amides is 1. The van der Waals surface area contributed by atoms with Gasteiger partial charge < -0.3 is 15.2 Å². The summed E-state index contributed by atoms with van der Waals surface area (Å²) in [5.74, 6) is 0.820. The second kappa shape index (κ2) is 8.76. The Kier molecular flexibility index (Phi) is 7.33. The fourth-order valence-electron chi connectivity index (χ4n) is 1.66. The summed E-state index contributed by atoms with van der Waals surface area (Å²) in [5, 5.41) is 11.6. The summed E-state index contributed by atoms with van der Waals surface area (Å²) in [6.45, 7) is 2.68. The van der Waals surface area contributed by atoms with Crippen LogP contribution in [0.25, 0.3) is 6.08 Å². The van der Waals surface area contributed by atoms with Crippen molar-refractivity contribution in [3.05, 3.63) is 34.3 Å². The number of ether oxygens (including phenoxy) is 1. The molecular weight excluding hydrogens is 322 g/mol. The third kappa shape index (κ3) is 5.75. The summed E-state index contributed by atoms with van der Waals surface area (Å²) < 4.78 is 6.16. The molecule has 1 aromatic rings. The standard InChI is InChI=1S/C15H20BrNO3/c1-11(7-8-18)10-17-15(19)6-3-12-9-13(16)4-5-14(12)20-2/h3-6,9,11,18H,7-8,10H2,1-2H3,(H,17,19). The largest absolute Gasteiger partial charge is 0.496 e. The lowest BCUT2D eigenvalue weighted by molar-refractivity contribution is -0.116. The Morgan fingerprint density at radius 3 is 2.95 bits per heavy atom. The van der Waals surface area contributed by atoms with Crippen LogP contribution in [0.3, 0.4) is 0 Å². The van der Waals surface area contributed by atoms with Crippen LogP contribution in [-0.2, 0) is 4.79 Å². The molecule has 0 aromatic heterocycles.